The molecule has 0 fully saturated rings. The highest BCUT2D eigenvalue weighted by Crippen LogP contribution is 2.31. The van der Waals surface area contributed by atoms with Crippen LogP contribution in [0.4, 0.5) is 5.69 Å². The Morgan fingerprint density at radius 1 is 1.47 bits per heavy atom. The third-order valence-corrected chi connectivity index (χ3v) is 4.16. The van der Waals surface area contributed by atoms with Crippen molar-refractivity contribution in [2.45, 2.75) is 45.4 Å². The summed E-state index contributed by atoms with van der Waals surface area (Å²) in [6.07, 6.45) is 4.51. The number of carbonyl (C=O) groups excluding carboxylic acids is 1. The minimum atomic E-state index is 0.0111. The van der Waals surface area contributed by atoms with Gasteiger partial charge in [0.05, 0.1) is 0 Å². The highest BCUT2D eigenvalue weighted by Gasteiger charge is 2.22. The maximum atomic E-state index is 11.8. The van der Waals surface area contributed by atoms with Crippen LogP contribution >= 0.6 is 11.6 Å². The number of alkyl halides is 1. The van der Waals surface area contributed by atoms with Gasteiger partial charge in [-0.1, -0.05) is 32.4 Å². The van der Waals surface area contributed by atoms with Crippen LogP contribution in [0.3, 0.4) is 0 Å². The number of benzene rings is 1. The van der Waals surface area contributed by atoms with E-state index in [-0.39, 0.29) is 11.8 Å². The second-order valence-corrected chi connectivity index (χ2v) is 5.63. The van der Waals surface area contributed by atoms with Gasteiger partial charge in [0, 0.05) is 12.2 Å². The Balaban J connectivity index is 2.27. The summed E-state index contributed by atoms with van der Waals surface area (Å²) in [5.41, 5.74) is 3.75. The van der Waals surface area contributed by atoms with Crippen molar-refractivity contribution in [3.8, 4) is 0 Å². The number of amides is 1. The van der Waals surface area contributed by atoms with E-state index in [1.165, 1.54) is 24.0 Å². The van der Waals surface area contributed by atoms with E-state index in [1.807, 2.05) is 4.90 Å². The van der Waals surface area contributed by atoms with Crippen LogP contribution in [0.5, 0.6) is 0 Å². The molecule has 19 heavy (non-hydrogen) atoms. The number of anilines is 1. The average molecular weight is 280 g/mol. The molecule has 2 rings (SSSR count). The van der Waals surface area contributed by atoms with Crippen LogP contribution < -0.4 is 4.90 Å². The van der Waals surface area contributed by atoms with Gasteiger partial charge in [-0.25, -0.2) is 0 Å². The number of nitrogens with zero attached hydrogens (tertiary/aromatic N) is 1. The average Bonchev–Trinajstić information content (AvgIpc) is 2.45. The molecule has 1 aliphatic rings. The third-order valence-electron chi connectivity index (χ3n) is 3.93. The molecule has 0 aliphatic carbocycles. The van der Waals surface area contributed by atoms with E-state index < -0.39 is 0 Å². The maximum absolute atomic E-state index is 11.8. The second-order valence-electron chi connectivity index (χ2n) is 5.36. The van der Waals surface area contributed by atoms with Gasteiger partial charge in [0.1, 0.15) is 5.88 Å². The van der Waals surface area contributed by atoms with Crippen LogP contribution in [0.2, 0.25) is 0 Å². The lowest BCUT2D eigenvalue weighted by Gasteiger charge is -2.30. The topological polar surface area (TPSA) is 20.3 Å². The number of fused-ring (bicyclic) bond motifs is 1. The molecule has 0 saturated carbocycles. The van der Waals surface area contributed by atoms with Crippen molar-refractivity contribution < 1.29 is 4.79 Å². The third kappa shape index (κ3) is 3.11. The summed E-state index contributed by atoms with van der Waals surface area (Å²) >= 11 is 5.68. The van der Waals surface area contributed by atoms with Crippen LogP contribution in [-0.2, 0) is 11.2 Å². The van der Waals surface area contributed by atoms with Crippen molar-refractivity contribution in [3.05, 3.63) is 29.3 Å². The van der Waals surface area contributed by atoms with Gasteiger partial charge in [-0.3, -0.25) is 4.79 Å². The van der Waals surface area contributed by atoms with Crippen molar-refractivity contribution in [2.75, 3.05) is 17.3 Å². The molecule has 1 amide bonds. The fourth-order valence-corrected chi connectivity index (χ4v) is 3.00. The second kappa shape index (κ2) is 6.42. The number of carbonyl (C=O) groups is 1. The Morgan fingerprint density at radius 2 is 2.26 bits per heavy atom. The molecule has 0 saturated heterocycles. The first-order valence-corrected chi connectivity index (χ1v) is 7.70. The molecule has 0 spiro atoms. The summed E-state index contributed by atoms with van der Waals surface area (Å²) in [6, 6.07) is 6.54. The molecular weight excluding hydrogens is 258 g/mol. The summed E-state index contributed by atoms with van der Waals surface area (Å²) in [7, 11) is 0. The van der Waals surface area contributed by atoms with E-state index in [0.717, 1.165) is 25.1 Å². The first-order chi connectivity index (χ1) is 9.17. The lowest BCUT2D eigenvalue weighted by molar-refractivity contribution is -0.116. The Labute approximate surface area is 120 Å². The van der Waals surface area contributed by atoms with Gasteiger partial charge >= 0.3 is 0 Å². The van der Waals surface area contributed by atoms with Gasteiger partial charge < -0.3 is 4.90 Å². The molecule has 2 nitrogen and oxygen atoms in total. The van der Waals surface area contributed by atoms with E-state index >= 15 is 0 Å². The number of aryl methyl sites for hydroxylation is 1. The van der Waals surface area contributed by atoms with E-state index in [2.05, 4.69) is 32.0 Å². The van der Waals surface area contributed by atoms with Crippen molar-refractivity contribution in [1.82, 2.24) is 0 Å². The van der Waals surface area contributed by atoms with Gasteiger partial charge in [-0.2, -0.15) is 0 Å². The number of hydrogen-bond donors (Lipinski definition) is 0. The molecule has 1 aromatic rings. The van der Waals surface area contributed by atoms with Gasteiger partial charge in [0.2, 0.25) is 5.91 Å². The number of halogens is 1. The molecule has 1 heterocycles. The molecule has 3 heteroatoms. The van der Waals surface area contributed by atoms with Gasteiger partial charge in [0.15, 0.2) is 0 Å². The van der Waals surface area contributed by atoms with Crippen molar-refractivity contribution in [2.24, 2.45) is 0 Å². The largest absolute Gasteiger partial charge is 0.311 e. The monoisotopic (exact) mass is 279 g/mol. The van der Waals surface area contributed by atoms with Crippen molar-refractivity contribution >= 4 is 23.2 Å². The standard InChI is InChI=1S/C16H22ClNO/c1-3-5-12(2)13-7-8-15-14(10-13)6-4-9-18(15)16(19)11-17/h7-8,10,12H,3-6,9,11H2,1-2H3. The Bertz CT molecular complexity index is 458. The summed E-state index contributed by atoms with van der Waals surface area (Å²) in [6.45, 7) is 5.29. The van der Waals surface area contributed by atoms with Crippen LogP contribution in [0.1, 0.15) is 50.2 Å². The molecular formula is C16H22ClNO. The molecule has 0 aromatic heterocycles. The minimum absolute atomic E-state index is 0.0111. The quantitative estimate of drug-likeness (QED) is 0.760. The first kappa shape index (κ1) is 14.4. The zero-order valence-electron chi connectivity index (χ0n) is 11.8. The molecule has 1 atom stereocenters. The summed E-state index contributed by atoms with van der Waals surface area (Å²) in [4.78, 5) is 13.7. The van der Waals surface area contributed by atoms with E-state index in [0.29, 0.717) is 5.92 Å². The van der Waals surface area contributed by atoms with Gasteiger partial charge in [-0.05, 0) is 42.4 Å². The molecule has 0 radical (unpaired) electrons. The predicted molar refractivity (Wildman–Crippen MR) is 81.2 cm³/mol. The predicted octanol–water partition coefficient (Wildman–Crippen LogP) is 4.11. The molecule has 0 bridgehead atoms. The first-order valence-electron chi connectivity index (χ1n) is 7.16. The summed E-state index contributed by atoms with van der Waals surface area (Å²) < 4.78 is 0. The molecule has 0 N–H and O–H groups in total. The smallest absolute Gasteiger partial charge is 0.241 e. The van der Waals surface area contributed by atoms with Gasteiger partial charge in [0.25, 0.3) is 0 Å². The fraction of sp³-hybridized carbons (Fsp3) is 0.562. The molecule has 1 aromatic carbocycles. The number of hydrogen-bond acceptors (Lipinski definition) is 1. The van der Waals surface area contributed by atoms with Gasteiger partial charge in [-0.15, -0.1) is 11.6 Å². The van der Waals surface area contributed by atoms with Crippen LogP contribution in [-0.4, -0.2) is 18.3 Å². The Morgan fingerprint density at radius 3 is 2.95 bits per heavy atom. The summed E-state index contributed by atoms with van der Waals surface area (Å²) in [5, 5.41) is 0. The number of rotatable bonds is 4. The van der Waals surface area contributed by atoms with Crippen LogP contribution in [0.15, 0.2) is 18.2 Å². The SMILES string of the molecule is CCCC(C)c1ccc2c(c1)CCCN2C(=O)CCl. The summed E-state index contributed by atoms with van der Waals surface area (Å²) in [5.74, 6) is 0.666. The lowest BCUT2D eigenvalue weighted by atomic mass is 9.91. The van der Waals surface area contributed by atoms with E-state index in [9.17, 15) is 4.79 Å². The van der Waals surface area contributed by atoms with E-state index in [4.69, 9.17) is 11.6 Å². The zero-order valence-corrected chi connectivity index (χ0v) is 12.5. The van der Waals surface area contributed by atoms with Crippen molar-refractivity contribution in [1.29, 1.82) is 0 Å². The highest BCUT2D eigenvalue weighted by molar-refractivity contribution is 6.29. The van der Waals surface area contributed by atoms with Crippen LogP contribution in [0.25, 0.3) is 0 Å². The Hall–Kier alpha value is -1.02. The van der Waals surface area contributed by atoms with Crippen molar-refractivity contribution in [3.63, 3.8) is 0 Å². The zero-order chi connectivity index (χ0) is 13.8. The van der Waals surface area contributed by atoms with Crippen LogP contribution in [0, 0.1) is 0 Å². The highest BCUT2D eigenvalue weighted by atomic mass is 35.5. The molecule has 104 valence electrons. The van der Waals surface area contributed by atoms with E-state index in [1.54, 1.807) is 0 Å². The lowest BCUT2D eigenvalue weighted by Crippen LogP contribution is -2.36. The molecule has 1 aliphatic heterocycles. The normalized spacial score (nSPS) is 16.1. The minimum Gasteiger partial charge on any atom is -0.311 e. The maximum Gasteiger partial charge on any atom is 0.241 e. The molecule has 1 unspecified atom stereocenters. The fourth-order valence-electron chi connectivity index (χ4n) is 2.85. The Kier molecular flexibility index (Phi) is 4.87.